The van der Waals surface area contributed by atoms with Gasteiger partial charge in [0.2, 0.25) is 20.0 Å². The Balaban J connectivity index is 1.88. The second-order valence-electron chi connectivity index (χ2n) is 7.67. The van der Waals surface area contributed by atoms with Crippen LogP contribution in [0.25, 0.3) is 10.8 Å². The lowest BCUT2D eigenvalue weighted by molar-refractivity contribution is 0.344. The predicted molar refractivity (Wildman–Crippen MR) is 126 cm³/mol. The van der Waals surface area contributed by atoms with Crippen LogP contribution >= 0.6 is 0 Å². The third-order valence-corrected chi connectivity index (χ3v) is 7.75. The third-order valence-electron chi connectivity index (χ3n) is 4.77. The normalized spacial score (nSPS) is 12.4. The van der Waals surface area contributed by atoms with E-state index in [0.29, 0.717) is 34.3 Å². The summed E-state index contributed by atoms with van der Waals surface area (Å²) in [7, 11) is -7.41. The molecule has 0 aromatic heterocycles. The van der Waals surface area contributed by atoms with Gasteiger partial charge in [0.15, 0.2) is 0 Å². The van der Waals surface area contributed by atoms with Crippen LogP contribution in [-0.2, 0) is 32.3 Å². The van der Waals surface area contributed by atoms with Crippen LogP contribution < -0.4 is 14.2 Å². The molecule has 0 unspecified atom stereocenters. The molecule has 0 aliphatic heterocycles. The lowest BCUT2D eigenvalue weighted by Crippen LogP contribution is -2.32. The second kappa shape index (κ2) is 9.99. The SMILES string of the molecule is CCOc1ccc(S(=O)(=O)NCc2ccccc2CS(=O)(=O)NC(C)C)c2ccccc12. The zero-order valence-electron chi connectivity index (χ0n) is 18.3. The van der Waals surface area contributed by atoms with Gasteiger partial charge in [-0.1, -0.05) is 48.5 Å². The van der Waals surface area contributed by atoms with Crippen LogP contribution in [0.15, 0.2) is 65.6 Å². The highest BCUT2D eigenvalue weighted by molar-refractivity contribution is 7.89. The molecule has 0 fully saturated rings. The zero-order valence-corrected chi connectivity index (χ0v) is 20.0. The van der Waals surface area contributed by atoms with Gasteiger partial charge in [-0.2, -0.15) is 0 Å². The van der Waals surface area contributed by atoms with Gasteiger partial charge in [-0.15, -0.1) is 0 Å². The number of rotatable bonds is 10. The molecule has 0 heterocycles. The first kappa shape index (κ1) is 24.2. The molecular weight excluding hydrogens is 448 g/mol. The molecule has 172 valence electrons. The summed E-state index contributed by atoms with van der Waals surface area (Å²) in [5, 5.41) is 1.27. The van der Waals surface area contributed by atoms with Crippen molar-refractivity contribution in [1.29, 1.82) is 0 Å². The molecule has 32 heavy (non-hydrogen) atoms. The molecule has 3 aromatic carbocycles. The van der Waals surface area contributed by atoms with Crippen molar-refractivity contribution in [2.75, 3.05) is 6.61 Å². The minimum Gasteiger partial charge on any atom is -0.493 e. The summed E-state index contributed by atoms with van der Waals surface area (Å²) in [5.74, 6) is 0.393. The highest BCUT2D eigenvalue weighted by Gasteiger charge is 2.20. The van der Waals surface area contributed by atoms with Gasteiger partial charge in [-0.3, -0.25) is 0 Å². The fraction of sp³-hybridized carbons (Fsp3) is 0.304. The van der Waals surface area contributed by atoms with Crippen molar-refractivity contribution >= 4 is 30.8 Å². The smallest absolute Gasteiger partial charge is 0.241 e. The fourth-order valence-corrected chi connectivity index (χ4v) is 6.19. The Bertz CT molecular complexity index is 1300. The average Bonchev–Trinajstić information content (AvgIpc) is 2.72. The average molecular weight is 477 g/mol. The van der Waals surface area contributed by atoms with E-state index in [4.69, 9.17) is 4.74 Å². The van der Waals surface area contributed by atoms with E-state index in [1.54, 1.807) is 56.3 Å². The van der Waals surface area contributed by atoms with Crippen molar-refractivity contribution in [1.82, 2.24) is 9.44 Å². The lowest BCUT2D eigenvalue weighted by Gasteiger charge is -2.15. The Morgan fingerprint density at radius 3 is 2.12 bits per heavy atom. The van der Waals surface area contributed by atoms with Gasteiger partial charge in [0.05, 0.1) is 17.3 Å². The molecule has 0 aliphatic rings. The van der Waals surface area contributed by atoms with Crippen molar-refractivity contribution in [3.63, 3.8) is 0 Å². The number of nitrogens with one attached hydrogen (secondary N) is 2. The van der Waals surface area contributed by atoms with Crippen LogP contribution in [0.1, 0.15) is 31.9 Å². The molecule has 3 rings (SSSR count). The maximum Gasteiger partial charge on any atom is 0.241 e. The number of benzene rings is 3. The Morgan fingerprint density at radius 2 is 1.47 bits per heavy atom. The molecule has 7 nitrogen and oxygen atoms in total. The van der Waals surface area contributed by atoms with E-state index in [1.807, 2.05) is 19.1 Å². The van der Waals surface area contributed by atoms with Crippen LogP contribution in [0.3, 0.4) is 0 Å². The Hall–Kier alpha value is -2.46. The van der Waals surface area contributed by atoms with Crippen molar-refractivity contribution < 1.29 is 21.6 Å². The van der Waals surface area contributed by atoms with E-state index < -0.39 is 20.0 Å². The van der Waals surface area contributed by atoms with Gasteiger partial charge in [0, 0.05) is 23.4 Å². The van der Waals surface area contributed by atoms with Crippen molar-refractivity contribution in [2.24, 2.45) is 0 Å². The minimum absolute atomic E-state index is 0.0305. The first-order valence-electron chi connectivity index (χ1n) is 10.3. The van der Waals surface area contributed by atoms with Gasteiger partial charge in [-0.05, 0) is 44.0 Å². The quantitative estimate of drug-likeness (QED) is 0.466. The molecular formula is C23H28N2O5S2. The molecule has 3 aromatic rings. The van der Waals surface area contributed by atoms with Gasteiger partial charge >= 0.3 is 0 Å². The number of hydrogen-bond acceptors (Lipinski definition) is 5. The number of hydrogen-bond donors (Lipinski definition) is 2. The summed E-state index contributed by atoms with van der Waals surface area (Å²) < 4.78 is 61.8. The second-order valence-corrected chi connectivity index (χ2v) is 11.2. The van der Waals surface area contributed by atoms with E-state index in [0.717, 1.165) is 0 Å². The summed E-state index contributed by atoms with van der Waals surface area (Å²) in [5.41, 5.74) is 1.14. The number of fused-ring (bicyclic) bond motifs is 1. The van der Waals surface area contributed by atoms with E-state index in [2.05, 4.69) is 9.44 Å². The topological polar surface area (TPSA) is 102 Å². The van der Waals surface area contributed by atoms with Gasteiger partial charge in [-0.25, -0.2) is 26.3 Å². The van der Waals surface area contributed by atoms with E-state index in [-0.39, 0.29) is 23.2 Å². The highest BCUT2D eigenvalue weighted by Crippen LogP contribution is 2.31. The number of sulfonamides is 2. The monoisotopic (exact) mass is 476 g/mol. The van der Waals surface area contributed by atoms with E-state index in [1.165, 1.54) is 6.07 Å². The van der Waals surface area contributed by atoms with Crippen molar-refractivity contribution in [3.8, 4) is 5.75 Å². The first-order valence-corrected chi connectivity index (χ1v) is 13.5. The summed E-state index contributed by atoms with van der Waals surface area (Å²) in [6, 6.07) is 17.0. The molecule has 0 amide bonds. The third kappa shape index (κ3) is 5.86. The maximum atomic E-state index is 13.1. The predicted octanol–water partition coefficient (Wildman–Crippen LogP) is 3.54. The Morgan fingerprint density at radius 1 is 0.844 bits per heavy atom. The number of ether oxygens (including phenoxy) is 1. The first-order chi connectivity index (χ1) is 15.1. The van der Waals surface area contributed by atoms with Gasteiger partial charge in [0.1, 0.15) is 5.75 Å². The highest BCUT2D eigenvalue weighted by atomic mass is 32.2. The maximum absolute atomic E-state index is 13.1. The molecule has 0 aliphatic carbocycles. The van der Waals surface area contributed by atoms with Gasteiger partial charge < -0.3 is 4.74 Å². The zero-order chi connectivity index (χ0) is 23.4. The van der Waals surface area contributed by atoms with Crippen LogP contribution in [0, 0.1) is 0 Å². The Kier molecular flexibility index (Phi) is 7.55. The van der Waals surface area contributed by atoms with Crippen molar-refractivity contribution in [2.45, 2.75) is 44.0 Å². The minimum atomic E-state index is -3.87. The summed E-state index contributed by atoms with van der Waals surface area (Å²) in [6.07, 6.45) is 0. The van der Waals surface area contributed by atoms with Crippen LogP contribution in [-0.4, -0.2) is 29.5 Å². The molecule has 0 saturated carbocycles. The van der Waals surface area contributed by atoms with Crippen LogP contribution in [0.5, 0.6) is 5.75 Å². The van der Waals surface area contributed by atoms with Crippen LogP contribution in [0.4, 0.5) is 0 Å². The Labute approximate surface area is 189 Å². The van der Waals surface area contributed by atoms with Gasteiger partial charge in [0.25, 0.3) is 0 Å². The van der Waals surface area contributed by atoms with E-state index in [9.17, 15) is 16.8 Å². The molecule has 0 atom stereocenters. The summed E-state index contributed by atoms with van der Waals surface area (Å²) in [6.45, 7) is 5.81. The molecule has 0 saturated heterocycles. The molecule has 0 radical (unpaired) electrons. The van der Waals surface area contributed by atoms with Crippen molar-refractivity contribution in [3.05, 3.63) is 71.8 Å². The summed E-state index contributed by atoms with van der Waals surface area (Å²) >= 11 is 0. The lowest BCUT2D eigenvalue weighted by atomic mass is 10.1. The fourth-order valence-electron chi connectivity index (χ4n) is 3.49. The van der Waals surface area contributed by atoms with Crippen LogP contribution in [0.2, 0.25) is 0 Å². The standard InChI is InChI=1S/C23H28N2O5S2/c1-4-30-22-13-14-23(21-12-8-7-11-20(21)22)32(28,29)24-15-18-9-5-6-10-19(18)16-31(26,27)25-17(2)3/h5-14,17,24-25H,4,15-16H2,1-3H3. The molecule has 2 N–H and O–H groups in total. The van der Waals surface area contributed by atoms with E-state index >= 15 is 0 Å². The largest absolute Gasteiger partial charge is 0.493 e. The summed E-state index contributed by atoms with van der Waals surface area (Å²) in [4.78, 5) is 0.142. The molecule has 9 heteroatoms. The molecule has 0 spiro atoms. The molecule has 0 bridgehead atoms.